The van der Waals surface area contributed by atoms with Gasteiger partial charge in [0.05, 0.1) is 11.7 Å². The summed E-state index contributed by atoms with van der Waals surface area (Å²) in [6, 6.07) is 15.8. The molecule has 1 fully saturated rings. The molecule has 2 N–H and O–H groups in total. The molecule has 0 radical (unpaired) electrons. The molecule has 2 heterocycles. The number of anilines is 1. The number of carbonyl (C=O) groups is 1. The van der Waals surface area contributed by atoms with E-state index in [2.05, 4.69) is 15.2 Å². The zero-order valence-corrected chi connectivity index (χ0v) is 19.0. The van der Waals surface area contributed by atoms with Crippen molar-refractivity contribution < 1.29 is 14.3 Å². The number of amides is 1. The maximum Gasteiger partial charge on any atom is 0.258 e. The van der Waals surface area contributed by atoms with Gasteiger partial charge in [-0.05, 0) is 80.0 Å². The van der Waals surface area contributed by atoms with Gasteiger partial charge in [0.25, 0.3) is 5.91 Å². The van der Waals surface area contributed by atoms with Crippen LogP contribution in [0.25, 0.3) is 10.9 Å². The van der Waals surface area contributed by atoms with Crippen LogP contribution < -0.4 is 4.90 Å². The van der Waals surface area contributed by atoms with E-state index in [0.717, 1.165) is 28.7 Å². The van der Waals surface area contributed by atoms with Crippen molar-refractivity contribution >= 4 is 22.5 Å². The highest BCUT2D eigenvalue weighted by atomic mass is 19.1. The number of rotatable bonds is 6. The summed E-state index contributed by atoms with van der Waals surface area (Å²) in [5.41, 5.74) is 3.14. The first-order valence-corrected chi connectivity index (χ1v) is 11.5. The maximum atomic E-state index is 14.4. The lowest BCUT2D eigenvalue weighted by atomic mass is 9.80. The first kappa shape index (κ1) is 22.2. The van der Waals surface area contributed by atoms with Crippen LogP contribution in [0.3, 0.4) is 0 Å². The van der Waals surface area contributed by atoms with Crippen molar-refractivity contribution in [2.24, 2.45) is 5.41 Å². The highest BCUT2D eigenvalue weighted by Crippen LogP contribution is 2.44. The number of aryl methyl sites for hydroxylation is 1. The van der Waals surface area contributed by atoms with E-state index in [0.29, 0.717) is 30.4 Å². The van der Waals surface area contributed by atoms with Gasteiger partial charge >= 0.3 is 0 Å². The van der Waals surface area contributed by atoms with Gasteiger partial charge in [-0.15, -0.1) is 0 Å². The molecule has 2 unspecified atom stereocenters. The Hall–Kier alpha value is -3.58. The summed E-state index contributed by atoms with van der Waals surface area (Å²) in [6.45, 7) is 1.84. The zero-order valence-electron chi connectivity index (χ0n) is 19.0. The minimum atomic E-state index is -0.484. The summed E-state index contributed by atoms with van der Waals surface area (Å²) in [6.07, 6.45) is 5.85. The second kappa shape index (κ2) is 8.99. The van der Waals surface area contributed by atoms with E-state index in [1.807, 2.05) is 42.2 Å². The average molecular weight is 459 g/mol. The maximum absolute atomic E-state index is 14.4. The highest BCUT2D eigenvalue weighted by Gasteiger charge is 2.43. The second-order valence-corrected chi connectivity index (χ2v) is 9.33. The number of nitrogens with zero attached hydrogens (tertiary/aromatic N) is 3. The molecule has 0 saturated heterocycles. The van der Waals surface area contributed by atoms with Crippen LogP contribution in [-0.2, 0) is 6.42 Å². The number of aromatic nitrogens is 3. The van der Waals surface area contributed by atoms with Crippen molar-refractivity contribution in [1.82, 2.24) is 15.2 Å². The second-order valence-electron chi connectivity index (χ2n) is 9.33. The van der Waals surface area contributed by atoms with Crippen LogP contribution in [0.15, 0.2) is 67.0 Å². The van der Waals surface area contributed by atoms with Crippen LogP contribution in [0.1, 0.15) is 40.9 Å². The van der Waals surface area contributed by atoms with Gasteiger partial charge in [-0.25, -0.2) is 4.39 Å². The Bertz CT molecular complexity index is 1340. The molecular weight excluding hydrogens is 431 g/mol. The molecule has 7 heteroatoms. The van der Waals surface area contributed by atoms with Crippen LogP contribution in [0.2, 0.25) is 0 Å². The van der Waals surface area contributed by atoms with E-state index in [-0.39, 0.29) is 24.4 Å². The first-order valence-electron chi connectivity index (χ1n) is 11.5. The minimum Gasteiger partial charge on any atom is -0.396 e. The third-order valence-corrected chi connectivity index (χ3v) is 6.96. The quantitative estimate of drug-likeness (QED) is 0.434. The molecule has 0 spiro atoms. The van der Waals surface area contributed by atoms with E-state index in [1.54, 1.807) is 30.6 Å². The van der Waals surface area contributed by atoms with Gasteiger partial charge in [0.1, 0.15) is 5.82 Å². The number of halogens is 1. The third-order valence-electron chi connectivity index (χ3n) is 6.96. The summed E-state index contributed by atoms with van der Waals surface area (Å²) in [7, 11) is 0. The third kappa shape index (κ3) is 4.19. The fourth-order valence-electron chi connectivity index (χ4n) is 5.19. The number of fused-ring (bicyclic) bond motifs is 1. The highest BCUT2D eigenvalue weighted by molar-refractivity contribution is 6.08. The number of carbonyl (C=O) groups excluding carboxylic acids is 1. The molecule has 1 amide bonds. The number of pyridine rings is 1. The van der Waals surface area contributed by atoms with Crippen molar-refractivity contribution in [3.05, 3.63) is 89.6 Å². The molecule has 6 nitrogen and oxygen atoms in total. The monoisotopic (exact) mass is 458 g/mol. The van der Waals surface area contributed by atoms with Crippen LogP contribution >= 0.6 is 0 Å². The molecule has 0 bridgehead atoms. The van der Waals surface area contributed by atoms with Crippen LogP contribution in [0.5, 0.6) is 0 Å². The standard InChI is InChI=1S/C27H27FN4O2/c1-18-12-22(9-11-29-18)32(26(34)19-6-7-25-21(13-19)16-30-31-25)23-8-10-27(15-23,17-33)14-20-4-2-3-5-24(20)28/h2-7,9,11-13,16,23,33H,8,10,14-15,17H2,1H3,(H,30,31). The molecule has 2 aromatic heterocycles. The summed E-state index contributed by atoms with van der Waals surface area (Å²) < 4.78 is 14.4. The van der Waals surface area contributed by atoms with Gasteiger partial charge in [-0.2, -0.15) is 5.10 Å². The number of aliphatic hydroxyl groups excluding tert-OH is 1. The fourth-order valence-corrected chi connectivity index (χ4v) is 5.19. The van der Waals surface area contributed by atoms with Crippen LogP contribution in [-0.4, -0.2) is 38.8 Å². The van der Waals surface area contributed by atoms with Crippen molar-refractivity contribution in [2.75, 3.05) is 11.5 Å². The Balaban J connectivity index is 1.49. The molecule has 5 rings (SSSR count). The lowest BCUT2D eigenvalue weighted by Crippen LogP contribution is -2.40. The number of hydrogen-bond donors (Lipinski definition) is 2. The molecule has 1 saturated carbocycles. The molecule has 174 valence electrons. The van der Waals surface area contributed by atoms with Crippen LogP contribution in [0.4, 0.5) is 10.1 Å². The minimum absolute atomic E-state index is 0.0593. The largest absolute Gasteiger partial charge is 0.396 e. The van der Waals surface area contributed by atoms with E-state index in [9.17, 15) is 14.3 Å². The predicted octanol–water partition coefficient (Wildman–Crippen LogP) is 4.83. The molecule has 1 aliphatic carbocycles. The van der Waals surface area contributed by atoms with Crippen molar-refractivity contribution in [1.29, 1.82) is 0 Å². The topological polar surface area (TPSA) is 82.1 Å². The lowest BCUT2D eigenvalue weighted by molar-refractivity contribution is 0.0967. The van der Waals surface area contributed by atoms with Crippen LogP contribution in [0, 0.1) is 18.2 Å². The molecule has 2 atom stereocenters. The van der Waals surface area contributed by atoms with Crippen molar-refractivity contribution in [3.8, 4) is 0 Å². The van der Waals surface area contributed by atoms with Gasteiger partial charge in [0.2, 0.25) is 0 Å². The SMILES string of the molecule is Cc1cc(N(C(=O)c2ccc3[nH]ncc3c2)C2CCC(CO)(Cc3ccccc3F)C2)ccn1. The average Bonchev–Trinajstić information content (AvgIpc) is 3.48. The van der Waals surface area contributed by atoms with Gasteiger partial charge in [-0.1, -0.05) is 18.2 Å². The number of H-pyrrole nitrogens is 1. The van der Waals surface area contributed by atoms with Gasteiger partial charge in [0.15, 0.2) is 0 Å². The number of aromatic amines is 1. The summed E-state index contributed by atoms with van der Waals surface area (Å²) in [5.74, 6) is -0.372. The van der Waals surface area contributed by atoms with E-state index in [1.165, 1.54) is 6.07 Å². The Kier molecular flexibility index (Phi) is 5.87. The van der Waals surface area contributed by atoms with E-state index >= 15 is 0 Å². The Labute approximate surface area is 197 Å². The molecule has 2 aromatic carbocycles. The number of benzene rings is 2. The van der Waals surface area contributed by atoms with E-state index in [4.69, 9.17) is 0 Å². The smallest absolute Gasteiger partial charge is 0.258 e. The summed E-state index contributed by atoms with van der Waals surface area (Å²) >= 11 is 0. The summed E-state index contributed by atoms with van der Waals surface area (Å²) in [5, 5.41) is 18.2. The van der Waals surface area contributed by atoms with E-state index < -0.39 is 5.41 Å². The van der Waals surface area contributed by atoms with Gasteiger partial charge in [0, 0.05) is 41.2 Å². The van der Waals surface area contributed by atoms with Crippen molar-refractivity contribution in [3.63, 3.8) is 0 Å². The fraction of sp³-hybridized carbons (Fsp3) is 0.296. The Morgan fingerprint density at radius 1 is 1.24 bits per heavy atom. The van der Waals surface area contributed by atoms with Gasteiger partial charge in [-0.3, -0.25) is 14.9 Å². The molecule has 1 aliphatic rings. The first-order chi connectivity index (χ1) is 16.5. The number of hydrogen-bond acceptors (Lipinski definition) is 4. The normalized spacial score (nSPS) is 20.0. The Morgan fingerprint density at radius 2 is 2.09 bits per heavy atom. The lowest BCUT2D eigenvalue weighted by Gasteiger charge is -2.32. The molecule has 0 aliphatic heterocycles. The van der Waals surface area contributed by atoms with Crippen molar-refractivity contribution in [2.45, 2.75) is 38.6 Å². The Morgan fingerprint density at radius 3 is 2.88 bits per heavy atom. The summed E-state index contributed by atoms with van der Waals surface area (Å²) in [4.78, 5) is 20.0. The van der Waals surface area contributed by atoms with Gasteiger partial charge < -0.3 is 10.0 Å². The zero-order chi connectivity index (χ0) is 23.7. The number of aliphatic hydroxyl groups is 1. The number of nitrogens with one attached hydrogen (secondary N) is 1. The predicted molar refractivity (Wildman–Crippen MR) is 129 cm³/mol. The molecular formula is C27H27FN4O2. The molecule has 34 heavy (non-hydrogen) atoms. The molecule has 4 aromatic rings.